The number of carbonyl (C=O) groups excluding carboxylic acids is 1. The van der Waals surface area contributed by atoms with Crippen molar-refractivity contribution in [2.24, 2.45) is 5.92 Å². The Morgan fingerprint density at radius 2 is 2.33 bits per heavy atom. The van der Waals surface area contributed by atoms with Crippen LogP contribution >= 0.6 is 11.3 Å². The first-order valence-corrected chi connectivity index (χ1v) is 7.83. The molecule has 0 spiro atoms. The van der Waals surface area contributed by atoms with E-state index >= 15 is 0 Å². The maximum Gasteiger partial charge on any atom is 0.223 e. The fourth-order valence-corrected chi connectivity index (χ4v) is 3.21. The molecule has 110 valence electrons. The first-order chi connectivity index (χ1) is 10.1. The molecule has 1 saturated carbocycles. The number of halogens is 1. The van der Waals surface area contributed by atoms with Gasteiger partial charge >= 0.3 is 0 Å². The van der Waals surface area contributed by atoms with Crippen molar-refractivity contribution in [2.45, 2.75) is 18.4 Å². The van der Waals surface area contributed by atoms with Crippen LogP contribution in [0.2, 0.25) is 0 Å². The lowest BCUT2D eigenvalue weighted by Crippen LogP contribution is -2.29. The first kappa shape index (κ1) is 14.2. The zero-order valence-corrected chi connectivity index (χ0v) is 12.1. The van der Waals surface area contributed by atoms with Gasteiger partial charge in [0.05, 0.1) is 6.10 Å². The second-order valence-corrected chi connectivity index (χ2v) is 6.10. The van der Waals surface area contributed by atoms with E-state index in [1.165, 1.54) is 23.5 Å². The van der Waals surface area contributed by atoms with E-state index in [-0.39, 0.29) is 30.1 Å². The Morgan fingerprint density at radius 3 is 3.05 bits per heavy atom. The monoisotopic (exact) mass is 305 g/mol. The van der Waals surface area contributed by atoms with E-state index in [2.05, 4.69) is 5.32 Å². The van der Waals surface area contributed by atoms with Gasteiger partial charge in [-0.3, -0.25) is 4.79 Å². The van der Waals surface area contributed by atoms with Crippen LogP contribution in [0, 0.1) is 11.7 Å². The van der Waals surface area contributed by atoms with Gasteiger partial charge in [0.25, 0.3) is 0 Å². The van der Waals surface area contributed by atoms with E-state index in [1.807, 2.05) is 22.9 Å². The summed E-state index contributed by atoms with van der Waals surface area (Å²) in [6.45, 7) is 0.210. The molecule has 2 N–H and O–H groups in total. The van der Waals surface area contributed by atoms with Crippen molar-refractivity contribution in [1.82, 2.24) is 5.32 Å². The quantitative estimate of drug-likeness (QED) is 0.892. The lowest BCUT2D eigenvalue weighted by molar-refractivity contribution is -0.122. The molecule has 3 atom stereocenters. The van der Waals surface area contributed by atoms with Gasteiger partial charge in [0.15, 0.2) is 0 Å². The third-order valence-corrected chi connectivity index (χ3v) is 4.50. The van der Waals surface area contributed by atoms with Gasteiger partial charge in [0.1, 0.15) is 5.82 Å². The van der Waals surface area contributed by atoms with Crippen molar-refractivity contribution in [2.75, 3.05) is 6.54 Å². The van der Waals surface area contributed by atoms with Gasteiger partial charge in [-0.15, -0.1) is 0 Å². The molecule has 1 aromatic heterocycles. The van der Waals surface area contributed by atoms with Crippen LogP contribution in [0.5, 0.6) is 0 Å². The van der Waals surface area contributed by atoms with Crippen LogP contribution in [0.1, 0.15) is 29.6 Å². The molecule has 0 aliphatic heterocycles. The number of amides is 1. The molecule has 1 amide bonds. The highest BCUT2D eigenvalue weighted by Crippen LogP contribution is 2.47. The molecular weight excluding hydrogens is 289 g/mol. The standard InChI is InChI=1S/C16H16FNO2S/c17-12-3-1-2-10(6-12)13-7-14(13)16(20)18-8-15(19)11-4-5-21-9-11/h1-6,9,13-15,19H,7-8H2,(H,18,20). The summed E-state index contributed by atoms with van der Waals surface area (Å²) in [6.07, 6.45) is 0.0654. The van der Waals surface area contributed by atoms with Crippen LogP contribution in [0.25, 0.3) is 0 Å². The third kappa shape index (κ3) is 3.31. The molecule has 1 aromatic carbocycles. The van der Waals surface area contributed by atoms with Crippen molar-refractivity contribution in [3.8, 4) is 0 Å². The summed E-state index contributed by atoms with van der Waals surface area (Å²) in [4.78, 5) is 12.0. The van der Waals surface area contributed by atoms with E-state index in [1.54, 1.807) is 6.07 Å². The number of aliphatic hydroxyl groups excluding tert-OH is 1. The molecule has 21 heavy (non-hydrogen) atoms. The SMILES string of the molecule is O=C(NCC(O)c1ccsc1)C1CC1c1cccc(F)c1. The van der Waals surface area contributed by atoms with Gasteiger partial charge in [-0.1, -0.05) is 12.1 Å². The minimum atomic E-state index is -0.674. The van der Waals surface area contributed by atoms with E-state index in [0.717, 1.165) is 17.5 Å². The van der Waals surface area contributed by atoms with Gasteiger partial charge in [-0.2, -0.15) is 11.3 Å². The zero-order valence-electron chi connectivity index (χ0n) is 11.3. The normalized spacial score (nSPS) is 21.8. The average Bonchev–Trinajstić information content (AvgIpc) is 3.10. The van der Waals surface area contributed by atoms with E-state index in [9.17, 15) is 14.3 Å². The van der Waals surface area contributed by atoms with Crippen LogP contribution < -0.4 is 5.32 Å². The summed E-state index contributed by atoms with van der Waals surface area (Å²) in [5, 5.41) is 16.4. The lowest BCUT2D eigenvalue weighted by Gasteiger charge is -2.10. The molecule has 1 heterocycles. The van der Waals surface area contributed by atoms with Gasteiger partial charge in [-0.05, 0) is 52.4 Å². The Bertz CT molecular complexity index is 629. The Kier molecular flexibility index (Phi) is 4.03. The zero-order chi connectivity index (χ0) is 14.8. The minimum absolute atomic E-state index is 0.0708. The minimum Gasteiger partial charge on any atom is -0.387 e. The van der Waals surface area contributed by atoms with Gasteiger partial charge in [-0.25, -0.2) is 4.39 Å². The molecular formula is C16H16FNO2S. The molecule has 1 aliphatic carbocycles. The predicted octanol–water partition coefficient (Wildman–Crippen LogP) is 2.84. The largest absolute Gasteiger partial charge is 0.387 e. The van der Waals surface area contributed by atoms with Gasteiger partial charge < -0.3 is 10.4 Å². The van der Waals surface area contributed by atoms with Crippen molar-refractivity contribution in [1.29, 1.82) is 0 Å². The smallest absolute Gasteiger partial charge is 0.223 e. The van der Waals surface area contributed by atoms with Gasteiger partial charge in [0.2, 0.25) is 5.91 Å². The van der Waals surface area contributed by atoms with Crippen LogP contribution in [0.15, 0.2) is 41.1 Å². The Balaban J connectivity index is 1.51. The van der Waals surface area contributed by atoms with Gasteiger partial charge in [0, 0.05) is 12.5 Å². The molecule has 0 saturated heterocycles. The maximum atomic E-state index is 13.2. The number of aliphatic hydroxyl groups is 1. The number of nitrogens with one attached hydrogen (secondary N) is 1. The average molecular weight is 305 g/mol. The second-order valence-electron chi connectivity index (χ2n) is 5.32. The lowest BCUT2D eigenvalue weighted by atomic mass is 10.1. The number of rotatable bonds is 5. The topological polar surface area (TPSA) is 49.3 Å². The number of hydrogen-bond acceptors (Lipinski definition) is 3. The third-order valence-electron chi connectivity index (χ3n) is 3.80. The fourth-order valence-electron chi connectivity index (χ4n) is 2.50. The van der Waals surface area contributed by atoms with Crippen molar-refractivity contribution in [3.05, 3.63) is 58.0 Å². The molecule has 1 aliphatic rings. The van der Waals surface area contributed by atoms with Crippen LogP contribution in [0.4, 0.5) is 4.39 Å². The Hall–Kier alpha value is -1.72. The predicted molar refractivity (Wildman–Crippen MR) is 79.5 cm³/mol. The molecule has 1 fully saturated rings. The molecule has 3 unspecified atom stereocenters. The molecule has 0 bridgehead atoms. The molecule has 3 rings (SSSR count). The summed E-state index contributed by atoms with van der Waals surface area (Å²) in [5.41, 5.74) is 1.69. The molecule has 0 radical (unpaired) electrons. The summed E-state index contributed by atoms with van der Waals surface area (Å²) in [6, 6.07) is 8.24. The Labute approximate surface area is 126 Å². The number of carbonyl (C=O) groups is 1. The highest BCUT2D eigenvalue weighted by molar-refractivity contribution is 7.07. The molecule has 5 heteroatoms. The Morgan fingerprint density at radius 1 is 1.48 bits per heavy atom. The number of benzene rings is 1. The number of hydrogen-bond donors (Lipinski definition) is 2. The molecule has 3 nitrogen and oxygen atoms in total. The van der Waals surface area contributed by atoms with E-state index in [4.69, 9.17) is 0 Å². The second kappa shape index (κ2) is 5.95. The first-order valence-electron chi connectivity index (χ1n) is 6.88. The van der Waals surface area contributed by atoms with E-state index < -0.39 is 6.10 Å². The number of thiophene rings is 1. The van der Waals surface area contributed by atoms with Crippen LogP contribution in [-0.4, -0.2) is 17.6 Å². The summed E-state index contributed by atoms with van der Waals surface area (Å²) in [7, 11) is 0. The van der Waals surface area contributed by atoms with Crippen LogP contribution in [0.3, 0.4) is 0 Å². The highest BCUT2D eigenvalue weighted by Gasteiger charge is 2.43. The van der Waals surface area contributed by atoms with Crippen molar-refractivity contribution >= 4 is 17.2 Å². The summed E-state index contributed by atoms with van der Waals surface area (Å²) >= 11 is 1.51. The highest BCUT2D eigenvalue weighted by atomic mass is 32.1. The van der Waals surface area contributed by atoms with Crippen molar-refractivity contribution < 1.29 is 14.3 Å². The van der Waals surface area contributed by atoms with Crippen molar-refractivity contribution in [3.63, 3.8) is 0 Å². The molecule has 2 aromatic rings. The summed E-state index contributed by atoms with van der Waals surface area (Å²) in [5.74, 6) is -0.356. The maximum absolute atomic E-state index is 13.2. The summed E-state index contributed by atoms with van der Waals surface area (Å²) < 4.78 is 13.2. The van der Waals surface area contributed by atoms with Crippen LogP contribution in [-0.2, 0) is 4.79 Å². The fraction of sp³-hybridized carbons (Fsp3) is 0.312. The van der Waals surface area contributed by atoms with E-state index in [0.29, 0.717) is 0 Å².